The average Bonchev–Trinajstić information content (AvgIpc) is 3.28. The Morgan fingerprint density at radius 2 is 1.50 bits per heavy atom. The van der Waals surface area contributed by atoms with E-state index in [1.54, 1.807) is 5.06 Å². The monoisotopic (exact) mass is 422 g/mol. The van der Waals surface area contributed by atoms with Gasteiger partial charge in [0.25, 0.3) is 5.91 Å². The van der Waals surface area contributed by atoms with E-state index in [1.165, 1.54) is 12.1 Å². The van der Waals surface area contributed by atoms with E-state index < -0.39 is 35.7 Å². The van der Waals surface area contributed by atoms with Crippen molar-refractivity contribution in [2.24, 2.45) is 5.92 Å². The van der Waals surface area contributed by atoms with Crippen molar-refractivity contribution < 1.29 is 18.8 Å². The molecule has 0 spiro atoms. The molecule has 30 heavy (non-hydrogen) atoms. The third-order valence-electron chi connectivity index (χ3n) is 5.43. The van der Waals surface area contributed by atoms with E-state index in [0.717, 1.165) is 22.2 Å². The fourth-order valence-corrected chi connectivity index (χ4v) is 4.20. The highest BCUT2D eigenvalue weighted by molar-refractivity contribution is 6.31. The van der Waals surface area contributed by atoms with Crippen molar-refractivity contribution in [1.29, 1.82) is 0 Å². The number of hydrogen-bond acceptors (Lipinski definition) is 4. The standard InChI is InChI=1S/C23H16ClFN2O3/c24-17-12-11-16(13-18(17)25)26-22(28)19-20(14-7-3-1-4-8-14)27(30-21(19)23(26)29)15-9-5-2-6-10-15/h1-13,19-21H/t19-,20+,21+/m1/s1. The summed E-state index contributed by atoms with van der Waals surface area (Å²) in [6, 6.07) is 22.1. The minimum atomic E-state index is -0.998. The number of imide groups is 1. The molecule has 0 saturated carbocycles. The van der Waals surface area contributed by atoms with Crippen LogP contribution in [0.1, 0.15) is 11.6 Å². The first-order valence-electron chi connectivity index (χ1n) is 9.45. The van der Waals surface area contributed by atoms with Crippen molar-refractivity contribution in [3.05, 3.63) is 95.3 Å². The number of benzene rings is 3. The predicted molar refractivity (Wildman–Crippen MR) is 110 cm³/mol. The normalized spacial score (nSPS) is 23.2. The molecular formula is C23H16ClFN2O3. The molecule has 150 valence electrons. The lowest BCUT2D eigenvalue weighted by atomic mass is 9.90. The lowest BCUT2D eigenvalue weighted by Gasteiger charge is -2.28. The Hall–Kier alpha value is -3.22. The third-order valence-corrected chi connectivity index (χ3v) is 5.74. The van der Waals surface area contributed by atoms with Gasteiger partial charge >= 0.3 is 0 Å². The maximum Gasteiger partial charge on any atom is 0.266 e. The van der Waals surface area contributed by atoms with E-state index in [0.29, 0.717) is 0 Å². The molecule has 0 aliphatic carbocycles. The molecule has 2 aliphatic rings. The van der Waals surface area contributed by atoms with Crippen molar-refractivity contribution >= 4 is 34.8 Å². The second-order valence-corrected chi connectivity index (χ2v) is 7.59. The zero-order valence-electron chi connectivity index (χ0n) is 15.6. The molecule has 2 amide bonds. The van der Waals surface area contributed by atoms with Crippen LogP contribution in [0.4, 0.5) is 15.8 Å². The molecule has 0 unspecified atom stereocenters. The summed E-state index contributed by atoms with van der Waals surface area (Å²) in [6.07, 6.45) is -0.998. The van der Waals surface area contributed by atoms with Gasteiger partial charge < -0.3 is 0 Å². The summed E-state index contributed by atoms with van der Waals surface area (Å²) in [5.41, 5.74) is 1.73. The minimum Gasteiger partial charge on any atom is -0.273 e. The van der Waals surface area contributed by atoms with Crippen molar-refractivity contribution in [3.8, 4) is 0 Å². The Morgan fingerprint density at radius 3 is 2.17 bits per heavy atom. The highest BCUT2D eigenvalue weighted by Crippen LogP contribution is 2.47. The van der Waals surface area contributed by atoms with Gasteiger partial charge in [-0.15, -0.1) is 0 Å². The highest BCUT2D eigenvalue weighted by atomic mass is 35.5. The van der Waals surface area contributed by atoms with Gasteiger partial charge in [0.15, 0.2) is 6.10 Å². The summed E-state index contributed by atoms with van der Waals surface area (Å²) in [4.78, 5) is 33.6. The van der Waals surface area contributed by atoms with Crippen LogP contribution >= 0.6 is 11.6 Å². The Bertz CT molecular complexity index is 1130. The number of halogens is 2. The van der Waals surface area contributed by atoms with Gasteiger partial charge in [-0.3, -0.25) is 14.4 Å². The number of nitrogens with zero attached hydrogens (tertiary/aromatic N) is 2. The zero-order chi connectivity index (χ0) is 20.8. The first-order valence-corrected chi connectivity index (χ1v) is 9.83. The van der Waals surface area contributed by atoms with E-state index in [4.69, 9.17) is 16.4 Å². The summed E-state index contributed by atoms with van der Waals surface area (Å²) in [5, 5.41) is 1.55. The fourth-order valence-electron chi connectivity index (χ4n) is 4.08. The van der Waals surface area contributed by atoms with E-state index >= 15 is 0 Å². The smallest absolute Gasteiger partial charge is 0.266 e. The van der Waals surface area contributed by atoms with Gasteiger partial charge in [0.2, 0.25) is 5.91 Å². The molecule has 2 fully saturated rings. The number of carbonyl (C=O) groups is 2. The number of fused-ring (bicyclic) bond motifs is 1. The largest absolute Gasteiger partial charge is 0.273 e. The van der Waals surface area contributed by atoms with E-state index in [1.807, 2.05) is 60.7 Å². The van der Waals surface area contributed by atoms with Crippen LogP contribution in [-0.4, -0.2) is 17.9 Å². The van der Waals surface area contributed by atoms with Crippen LogP contribution in [0.5, 0.6) is 0 Å². The lowest BCUT2D eigenvalue weighted by Crippen LogP contribution is -2.37. The minimum absolute atomic E-state index is 0.0771. The van der Waals surface area contributed by atoms with Crippen LogP contribution in [0.2, 0.25) is 5.02 Å². The second kappa shape index (κ2) is 7.23. The summed E-state index contributed by atoms with van der Waals surface area (Å²) < 4.78 is 14.0. The van der Waals surface area contributed by atoms with Gasteiger partial charge in [0, 0.05) is 0 Å². The number of amides is 2. The molecule has 2 heterocycles. The quantitative estimate of drug-likeness (QED) is 0.582. The van der Waals surface area contributed by atoms with Crippen LogP contribution in [0, 0.1) is 11.7 Å². The maximum atomic E-state index is 14.0. The molecule has 0 N–H and O–H groups in total. The second-order valence-electron chi connectivity index (χ2n) is 7.18. The highest BCUT2D eigenvalue weighted by Gasteiger charge is 2.60. The molecule has 3 aromatic carbocycles. The number of hydroxylamine groups is 1. The van der Waals surface area contributed by atoms with Crippen molar-refractivity contribution in [2.75, 3.05) is 9.96 Å². The summed E-state index contributed by atoms with van der Waals surface area (Å²) in [5.74, 6) is -2.41. The van der Waals surface area contributed by atoms with Crippen molar-refractivity contribution in [1.82, 2.24) is 0 Å². The molecule has 3 atom stereocenters. The van der Waals surface area contributed by atoms with Crippen LogP contribution in [-0.2, 0) is 14.4 Å². The first-order chi connectivity index (χ1) is 14.6. The number of hydrogen-bond donors (Lipinski definition) is 0. The maximum absolute atomic E-state index is 14.0. The zero-order valence-corrected chi connectivity index (χ0v) is 16.4. The predicted octanol–water partition coefficient (Wildman–Crippen LogP) is 4.53. The molecule has 5 nitrogen and oxygen atoms in total. The lowest BCUT2D eigenvalue weighted by molar-refractivity contribution is -0.126. The van der Waals surface area contributed by atoms with Gasteiger partial charge in [0.1, 0.15) is 11.7 Å². The summed E-state index contributed by atoms with van der Waals surface area (Å²) in [6.45, 7) is 0. The summed E-state index contributed by atoms with van der Waals surface area (Å²) >= 11 is 5.75. The molecule has 2 aliphatic heterocycles. The Morgan fingerprint density at radius 1 is 0.833 bits per heavy atom. The van der Waals surface area contributed by atoms with Gasteiger partial charge in [-0.2, -0.15) is 0 Å². The molecule has 0 aromatic heterocycles. The SMILES string of the molecule is O=C1[C@H]2[C@H](ON(c3ccccc3)[C@H]2c2ccccc2)C(=O)N1c1ccc(Cl)c(F)c1. The van der Waals surface area contributed by atoms with Crippen LogP contribution in [0.15, 0.2) is 78.9 Å². The number of anilines is 2. The van der Waals surface area contributed by atoms with Crippen LogP contribution in [0.25, 0.3) is 0 Å². The molecule has 7 heteroatoms. The van der Waals surface area contributed by atoms with Gasteiger partial charge in [-0.1, -0.05) is 60.1 Å². The first kappa shape index (κ1) is 18.8. The van der Waals surface area contributed by atoms with Gasteiger partial charge in [0.05, 0.1) is 22.4 Å². The Balaban J connectivity index is 1.58. The Kier molecular flexibility index (Phi) is 4.53. The molecular weight excluding hydrogens is 407 g/mol. The average molecular weight is 423 g/mol. The number of rotatable bonds is 3. The Labute approximate surface area is 177 Å². The molecule has 0 radical (unpaired) electrons. The summed E-state index contributed by atoms with van der Waals surface area (Å²) in [7, 11) is 0. The molecule has 5 rings (SSSR count). The topological polar surface area (TPSA) is 49.9 Å². The van der Waals surface area contributed by atoms with Crippen LogP contribution in [0.3, 0.4) is 0 Å². The van der Waals surface area contributed by atoms with Gasteiger partial charge in [-0.05, 0) is 35.9 Å². The van der Waals surface area contributed by atoms with Crippen LogP contribution < -0.4 is 9.96 Å². The number of para-hydroxylation sites is 1. The molecule has 3 aromatic rings. The molecule has 0 bridgehead atoms. The van der Waals surface area contributed by atoms with Crippen molar-refractivity contribution in [3.63, 3.8) is 0 Å². The fraction of sp³-hybridized carbons (Fsp3) is 0.130. The molecule has 2 saturated heterocycles. The van der Waals surface area contributed by atoms with E-state index in [2.05, 4.69) is 0 Å². The van der Waals surface area contributed by atoms with Crippen molar-refractivity contribution in [2.45, 2.75) is 12.1 Å². The number of carbonyl (C=O) groups excluding carboxylic acids is 2. The third kappa shape index (κ3) is 2.88. The van der Waals surface area contributed by atoms with E-state index in [9.17, 15) is 14.0 Å². The van der Waals surface area contributed by atoms with Gasteiger partial charge in [-0.25, -0.2) is 14.4 Å². The van der Waals surface area contributed by atoms with E-state index in [-0.39, 0.29) is 10.7 Å².